The lowest BCUT2D eigenvalue weighted by Gasteiger charge is -2.41. The zero-order chi connectivity index (χ0) is 40.9. The van der Waals surface area contributed by atoms with Gasteiger partial charge in [-0.15, -0.1) is 0 Å². The van der Waals surface area contributed by atoms with Gasteiger partial charge in [-0.1, -0.05) is 146 Å². The first-order valence-electron chi connectivity index (χ1n) is 21.0. The topological polar surface area (TPSA) is 226 Å². The van der Waals surface area contributed by atoms with E-state index in [1.165, 1.54) is 83.1 Å². The molecule has 1 rings (SSSR count). The summed E-state index contributed by atoms with van der Waals surface area (Å²) >= 11 is 0. The molecule has 9 N–H and O–H groups in total. The van der Waals surface area contributed by atoms with Crippen LogP contribution in [0.25, 0.3) is 0 Å². The lowest BCUT2D eigenvalue weighted by molar-refractivity contribution is -0.220. The summed E-state index contributed by atoms with van der Waals surface area (Å²) in [6, 6.07) is -1.26. The molecule has 1 amide bonds. The molecular weight excluding hydrogens is 729 g/mol. The zero-order valence-electron chi connectivity index (χ0n) is 33.6. The van der Waals surface area contributed by atoms with Crippen molar-refractivity contribution in [1.82, 2.24) is 5.32 Å². The minimum atomic E-state index is -5.14. The molecule has 0 aliphatic heterocycles. The maximum absolute atomic E-state index is 12.9. The highest BCUT2D eigenvalue weighted by molar-refractivity contribution is 7.47. The summed E-state index contributed by atoms with van der Waals surface area (Å²) in [6.45, 7) is 3.46. The third-order valence-corrected chi connectivity index (χ3v) is 11.0. The van der Waals surface area contributed by atoms with Gasteiger partial charge in [-0.3, -0.25) is 13.8 Å². The van der Waals surface area contributed by atoms with E-state index in [1.54, 1.807) is 6.08 Å². The smallest absolute Gasteiger partial charge is 0.393 e. The van der Waals surface area contributed by atoms with E-state index in [4.69, 9.17) is 9.05 Å². The Labute approximate surface area is 330 Å². The minimum Gasteiger partial charge on any atom is -0.393 e. The number of phosphoric acid groups is 1. The number of carbonyl (C=O) groups is 1. The second-order valence-corrected chi connectivity index (χ2v) is 16.4. The largest absolute Gasteiger partial charge is 0.472 e. The molecule has 1 aliphatic carbocycles. The van der Waals surface area contributed by atoms with Crippen LogP contribution < -0.4 is 5.32 Å². The highest BCUT2D eigenvalue weighted by Crippen LogP contribution is 2.47. The summed E-state index contributed by atoms with van der Waals surface area (Å²) in [6.07, 6.45) is 20.0. The zero-order valence-corrected chi connectivity index (χ0v) is 34.5. The van der Waals surface area contributed by atoms with E-state index >= 15 is 0 Å². The van der Waals surface area contributed by atoms with Gasteiger partial charge in [0.1, 0.15) is 36.6 Å². The Morgan fingerprint density at radius 3 is 1.60 bits per heavy atom. The molecule has 0 saturated heterocycles. The van der Waals surface area contributed by atoms with Crippen molar-refractivity contribution in [2.24, 2.45) is 0 Å². The predicted molar refractivity (Wildman–Crippen MR) is 215 cm³/mol. The molecule has 55 heavy (non-hydrogen) atoms. The van der Waals surface area contributed by atoms with E-state index in [9.17, 15) is 50.0 Å². The Morgan fingerprint density at radius 1 is 0.673 bits per heavy atom. The van der Waals surface area contributed by atoms with Crippen molar-refractivity contribution in [1.29, 1.82) is 0 Å². The number of allylic oxidation sites excluding steroid dienone is 5. The van der Waals surface area contributed by atoms with E-state index in [-0.39, 0.29) is 6.42 Å². The summed E-state index contributed by atoms with van der Waals surface area (Å²) in [7, 11) is -5.14. The lowest BCUT2D eigenvalue weighted by atomic mass is 9.85. The molecule has 8 atom stereocenters. The van der Waals surface area contributed by atoms with Crippen LogP contribution in [-0.4, -0.2) is 108 Å². The van der Waals surface area contributed by atoms with Crippen LogP contribution in [0.4, 0.5) is 0 Å². The van der Waals surface area contributed by atoms with E-state index in [0.717, 1.165) is 38.5 Å². The second-order valence-electron chi connectivity index (χ2n) is 15.0. The molecule has 322 valence electrons. The van der Waals surface area contributed by atoms with Gasteiger partial charge in [0.2, 0.25) is 5.91 Å². The van der Waals surface area contributed by atoms with Gasteiger partial charge in [0.15, 0.2) is 0 Å². The van der Waals surface area contributed by atoms with Crippen molar-refractivity contribution in [2.45, 2.75) is 210 Å². The number of nitrogens with one attached hydrogen (secondary N) is 1. The average Bonchev–Trinajstić information content (AvgIpc) is 3.15. The minimum absolute atomic E-state index is 0.254. The highest BCUT2D eigenvalue weighted by Gasteiger charge is 2.51. The Morgan fingerprint density at radius 2 is 1.11 bits per heavy atom. The summed E-state index contributed by atoms with van der Waals surface area (Å²) in [4.78, 5) is 23.3. The van der Waals surface area contributed by atoms with Crippen molar-refractivity contribution in [3.63, 3.8) is 0 Å². The fourth-order valence-corrected chi connectivity index (χ4v) is 7.54. The summed E-state index contributed by atoms with van der Waals surface area (Å²) in [5.74, 6) is -0.610. The number of amides is 1. The molecule has 8 unspecified atom stereocenters. The molecular formula is C41H76NO12P. The lowest BCUT2D eigenvalue weighted by Crippen LogP contribution is -2.64. The first-order chi connectivity index (χ1) is 26.3. The van der Waals surface area contributed by atoms with E-state index in [2.05, 4.69) is 24.4 Å². The van der Waals surface area contributed by atoms with E-state index in [1.807, 2.05) is 19.1 Å². The maximum Gasteiger partial charge on any atom is 0.472 e. The molecule has 13 nitrogen and oxygen atoms in total. The third-order valence-electron chi connectivity index (χ3n) is 10.1. The second kappa shape index (κ2) is 31.5. The van der Waals surface area contributed by atoms with Crippen molar-refractivity contribution in [3.8, 4) is 0 Å². The molecule has 0 aromatic rings. The van der Waals surface area contributed by atoms with Crippen molar-refractivity contribution >= 4 is 13.7 Å². The van der Waals surface area contributed by atoms with E-state index < -0.39 is 75.2 Å². The van der Waals surface area contributed by atoms with Crippen LogP contribution in [0.15, 0.2) is 36.5 Å². The summed E-state index contributed by atoms with van der Waals surface area (Å²) < 4.78 is 22.7. The van der Waals surface area contributed by atoms with Crippen LogP contribution in [0.3, 0.4) is 0 Å². The third kappa shape index (κ3) is 24.1. The van der Waals surface area contributed by atoms with Gasteiger partial charge in [-0.05, 0) is 39.0 Å². The molecule has 14 heteroatoms. The van der Waals surface area contributed by atoms with Gasteiger partial charge >= 0.3 is 7.82 Å². The molecule has 1 fully saturated rings. The summed E-state index contributed by atoms with van der Waals surface area (Å²) in [5, 5.41) is 74.0. The molecule has 0 aromatic heterocycles. The van der Waals surface area contributed by atoms with Crippen LogP contribution in [0.5, 0.6) is 0 Å². The molecule has 0 heterocycles. The maximum atomic E-state index is 12.9. The number of hydrogen-bond donors (Lipinski definition) is 9. The van der Waals surface area contributed by atoms with E-state index in [0.29, 0.717) is 19.3 Å². The number of aliphatic hydroxyl groups is 7. The molecule has 1 aliphatic rings. The Bertz CT molecular complexity index is 1090. The van der Waals surface area contributed by atoms with Gasteiger partial charge < -0.3 is 46.0 Å². The SMILES string of the molecule is C/C=C/CC/C=C/CC/C=C/C(O)C(COP(=O)(O)OC1C(O)C(O)C(O)C(O)C1O)NC(=O)CC(O)CCCCCCCCCCCCCCCCCC. The van der Waals surface area contributed by atoms with Gasteiger partial charge in [0.25, 0.3) is 0 Å². The number of aliphatic hydroxyl groups excluding tert-OH is 7. The van der Waals surface area contributed by atoms with Crippen molar-refractivity contribution in [3.05, 3.63) is 36.5 Å². The van der Waals surface area contributed by atoms with Crippen LogP contribution in [0.1, 0.15) is 155 Å². The molecule has 0 aromatic carbocycles. The normalized spacial score (nSPS) is 24.8. The number of unbranched alkanes of at least 4 members (excludes halogenated alkanes) is 17. The van der Waals surface area contributed by atoms with Gasteiger partial charge in [0.05, 0.1) is 31.3 Å². The van der Waals surface area contributed by atoms with Crippen LogP contribution in [0, 0.1) is 0 Å². The monoisotopic (exact) mass is 806 g/mol. The average molecular weight is 806 g/mol. The Balaban J connectivity index is 2.55. The Hall–Kier alpha value is -1.48. The number of rotatable bonds is 33. The number of hydrogen-bond acceptors (Lipinski definition) is 11. The molecule has 1 saturated carbocycles. The fourth-order valence-electron chi connectivity index (χ4n) is 6.57. The van der Waals surface area contributed by atoms with Crippen LogP contribution in [-0.2, 0) is 18.4 Å². The van der Waals surface area contributed by atoms with Crippen LogP contribution >= 0.6 is 7.82 Å². The van der Waals surface area contributed by atoms with Gasteiger partial charge in [-0.2, -0.15) is 0 Å². The first kappa shape index (κ1) is 51.5. The summed E-state index contributed by atoms with van der Waals surface area (Å²) in [5.41, 5.74) is 0. The number of phosphoric ester groups is 1. The van der Waals surface area contributed by atoms with Crippen LogP contribution in [0.2, 0.25) is 0 Å². The molecule has 0 spiro atoms. The van der Waals surface area contributed by atoms with Gasteiger partial charge in [-0.25, -0.2) is 4.57 Å². The fraction of sp³-hybridized carbons (Fsp3) is 0.829. The van der Waals surface area contributed by atoms with Crippen molar-refractivity contribution < 1.29 is 59.0 Å². The number of carbonyl (C=O) groups excluding carboxylic acids is 1. The Kier molecular flexibility index (Phi) is 29.5. The molecule has 0 bridgehead atoms. The van der Waals surface area contributed by atoms with Gasteiger partial charge in [0, 0.05) is 0 Å². The highest BCUT2D eigenvalue weighted by atomic mass is 31.2. The quantitative estimate of drug-likeness (QED) is 0.0218. The van der Waals surface area contributed by atoms with Crippen molar-refractivity contribution in [2.75, 3.05) is 6.61 Å². The first-order valence-corrected chi connectivity index (χ1v) is 22.5. The predicted octanol–water partition coefficient (Wildman–Crippen LogP) is 5.80. The standard InChI is InChI=1S/C41H76NO12P/c1-3-5-7-9-11-13-14-15-16-17-18-19-21-22-24-26-28-32(43)30-35(45)42-33(34(44)29-27-25-23-20-12-10-8-6-4-2)31-53-55(51,52)54-41-39(49)37(47)36(46)38(48)40(41)50/h4,6,12,20,27,29,32-34,36-41,43-44,46-50H,3,5,7-11,13-19,21-26,28,30-31H2,1-2H3,(H,42,45)(H,51,52)/b6-4+,20-12+,29-27+. The molecule has 0 radical (unpaired) electrons.